The predicted molar refractivity (Wildman–Crippen MR) is 55.6 cm³/mol. The van der Waals surface area contributed by atoms with Crippen LogP contribution >= 0.6 is 0 Å². The van der Waals surface area contributed by atoms with Crippen LogP contribution in [0.5, 0.6) is 0 Å². The van der Waals surface area contributed by atoms with Crippen LogP contribution in [-0.2, 0) is 6.42 Å². The average Bonchev–Trinajstić information content (AvgIpc) is 2.16. The standard InChI is InChI=1S/C12H16F2O/c1-3-12(15,4-2)8-9-5-10(13)7-11(14)6-9/h5-7,15H,3-4,8H2,1-2H3. The van der Waals surface area contributed by atoms with Crippen molar-refractivity contribution in [2.75, 3.05) is 0 Å². The summed E-state index contributed by atoms with van der Waals surface area (Å²) in [5, 5.41) is 10.0. The second-order valence-electron chi connectivity index (χ2n) is 3.89. The third-order valence-corrected chi connectivity index (χ3v) is 2.77. The molecule has 0 heterocycles. The minimum atomic E-state index is -0.861. The normalized spacial score (nSPS) is 11.8. The van der Waals surface area contributed by atoms with Crippen LogP contribution in [0.15, 0.2) is 18.2 Å². The average molecular weight is 214 g/mol. The highest BCUT2D eigenvalue weighted by Gasteiger charge is 2.22. The van der Waals surface area contributed by atoms with Crippen LogP contribution in [0.2, 0.25) is 0 Å². The number of benzene rings is 1. The minimum Gasteiger partial charge on any atom is -0.390 e. The SMILES string of the molecule is CCC(O)(CC)Cc1cc(F)cc(F)c1. The van der Waals surface area contributed by atoms with Gasteiger partial charge in [-0.15, -0.1) is 0 Å². The van der Waals surface area contributed by atoms with Gasteiger partial charge in [0, 0.05) is 12.5 Å². The lowest BCUT2D eigenvalue weighted by molar-refractivity contribution is 0.0325. The lowest BCUT2D eigenvalue weighted by atomic mass is 9.89. The van der Waals surface area contributed by atoms with E-state index in [2.05, 4.69) is 0 Å². The third-order valence-electron chi connectivity index (χ3n) is 2.77. The summed E-state index contributed by atoms with van der Waals surface area (Å²) in [5.41, 5.74) is -0.362. The number of aliphatic hydroxyl groups is 1. The molecule has 0 saturated carbocycles. The van der Waals surface area contributed by atoms with Crippen LogP contribution in [0.4, 0.5) is 8.78 Å². The molecular formula is C12H16F2O. The van der Waals surface area contributed by atoms with E-state index >= 15 is 0 Å². The number of hydrogen-bond donors (Lipinski definition) is 1. The van der Waals surface area contributed by atoms with Crippen molar-refractivity contribution < 1.29 is 13.9 Å². The molecule has 0 saturated heterocycles. The molecule has 3 heteroatoms. The third kappa shape index (κ3) is 3.27. The lowest BCUT2D eigenvalue weighted by Gasteiger charge is -2.25. The first-order chi connectivity index (χ1) is 6.99. The molecule has 0 aromatic heterocycles. The molecule has 0 atom stereocenters. The first-order valence-corrected chi connectivity index (χ1v) is 5.16. The van der Waals surface area contributed by atoms with Gasteiger partial charge in [0.05, 0.1) is 5.60 Å². The summed E-state index contributed by atoms with van der Waals surface area (Å²) in [5.74, 6) is -1.20. The van der Waals surface area contributed by atoms with Crippen LogP contribution in [0.3, 0.4) is 0 Å². The van der Waals surface area contributed by atoms with Gasteiger partial charge >= 0.3 is 0 Å². The Bertz CT molecular complexity index is 312. The molecule has 0 spiro atoms. The Kier molecular flexibility index (Phi) is 3.80. The van der Waals surface area contributed by atoms with E-state index in [0.29, 0.717) is 18.4 Å². The first-order valence-electron chi connectivity index (χ1n) is 5.16. The topological polar surface area (TPSA) is 20.2 Å². The maximum Gasteiger partial charge on any atom is 0.126 e. The Morgan fingerprint density at radius 1 is 1.07 bits per heavy atom. The van der Waals surface area contributed by atoms with Gasteiger partial charge in [-0.2, -0.15) is 0 Å². The van der Waals surface area contributed by atoms with Gasteiger partial charge in [-0.3, -0.25) is 0 Å². The van der Waals surface area contributed by atoms with Gasteiger partial charge in [0.2, 0.25) is 0 Å². The van der Waals surface area contributed by atoms with Gasteiger partial charge in [0.15, 0.2) is 0 Å². The summed E-state index contributed by atoms with van der Waals surface area (Å²) in [6.07, 6.45) is 1.43. The predicted octanol–water partition coefficient (Wildman–Crippen LogP) is 3.06. The first kappa shape index (κ1) is 12.1. The maximum atomic E-state index is 12.9. The van der Waals surface area contributed by atoms with Crippen molar-refractivity contribution in [2.45, 2.75) is 38.7 Å². The van der Waals surface area contributed by atoms with Crippen molar-refractivity contribution in [3.63, 3.8) is 0 Å². The maximum absolute atomic E-state index is 12.9. The zero-order valence-electron chi connectivity index (χ0n) is 9.06. The van der Waals surface area contributed by atoms with Crippen molar-refractivity contribution in [3.05, 3.63) is 35.4 Å². The summed E-state index contributed by atoms with van der Waals surface area (Å²) in [4.78, 5) is 0. The van der Waals surface area contributed by atoms with Gasteiger partial charge in [0.1, 0.15) is 11.6 Å². The summed E-state index contributed by atoms with van der Waals surface area (Å²) in [6, 6.07) is 3.36. The van der Waals surface area contributed by atoms with E-state index < -0.39 is 17.2 Å². The molecule has 1 N–H and O–H groups in total. The van der Waals surface area contributed by atoms with Crippen molar-refractivity contribution in [1.29, 1.82) is 0 Å². The van der Waals surface area contributed by atoms with Crippen molar-refractivity contribution in [1.82, 2.24) is 0 Å². The van der Waals surface area contributed by atoms with Crippen LogP contribution in [-0.4, -0.2) is 10.7 Å². The minimum absolute atomic E-state index is 0.286. The summed E-state index contributed by atoms with van der Waals surface area (Å²) in [7, 11) is 0. The Morgan fingerprint density at radius 3 is 1.93 bits per heavy atom. The van der Waals surface area contributed by atoms with E-state index in [-0.39, 0.29) is 6.42 Å². The van der Waals surface area contributed by atoms with Crippen LogP contribution < -0.4 is 0 Å². The molecule has 1 nitrogen and oxygen atoms in total. The molecular weight excluding hydrogens is 198 g/mol. The van der Waals surface area contributed by atoms with Crippen LogP contribution in [0.1, 0.15) is 32.3 Å². The van der Waals surface area contributed by atoms with E-state index in [0.717, 1.165) is 6.07 Å². The second kappa shape index (κ2) is 4.71. The smallest absolute Gasteiger partial charge is 0.126 e. The Balaban J connectivity index is 2.88. The van der Waals surface area contributed by atoms with Gasteiger partial charge in [-0.1, -0.05) is 13.8 Å². The highest BCUT2D eigenvalue weighted by molar-refractivity contribution is 5.19. The van der Waals surface area contributed by atoms with E-state index in [1.54, 1.807) is 0 Å². The fourth-order valence-corrected chi connectivity index (χ4v) is 1.59. The molecule has 1 aromatic carbocycles. The molecule has 0 radical (unpaired) electrons. The molecule has 0 unspecified atom stereocenters. The molecule has 15 heavy (non-hydrogen) atoms. The van der Waals surface area contributed by atoms with Gasteiger partial charge in [0.25, 0.3) is 0 Å². The zero-order valence-corrected chi connectivity index (χ0v) is 9.06. The van der Waals surface area contributed by atoms with Crippen LogP contribution in [0, 0.1) is 11.6 Å². The fourth-order valence-electron chi connectivity index (χ4n) is 1.59. The second-order valence-corrected chi connectivity index (χ2v) is 3.89. The Morgan fingerprint density at radius 2 is 1.53 bits per heavy atom. The van der Waals surface area contributed by atoms with Crippen LogP contribution in [0.25, 0.3) is 0 Å². The molecule has 0 aliphatic rings. The van der Waals surface area contributed by atoms with Crippen molar-refractivity contribution in [3.8, 4) is 0 Å². The van der Waals surface area contributed by atoms with Crippen molar-refractivity contribution in [2.24, 2.45) is 0 Å². The van der Waals surface area contributed by atoms with Gasteiger partial charge < -0.3 is 5.11 Å². The van der Waals surface area contributed by atoms with Gasteiger partial charge in [-0.25, -0.2) is 8.78 Å². The monoisotopic (exact) mass is 214 g/mol. The van der Waals surface area contributed by atoms with Crippen molar-refractivity contribution >= 4 is 0 Å². The Labute approximate surface area is 88.7 Å². The molecule has 1 rings (SSSR count). The summed E-state index contributed by atoms with van der Waals surface area (Å²) < 4.78 is 25.8. The summed E-state index contributed by atoms with van der Waals surface area (Å²) >= 11 is 0. The quantitative estimate of drug-likeness (QED) is 0.816. The number of halogens is 2. The number of hydrogen-bond acceptors (Lipinski definition) is 1. The molecule has 0 fully saturated rings. The Hall–Kier alpha value is -0.960. The molecule has 0 amide bonds. The molecule has 1 aromatic rings. The summed E-state index contributed by atoms with van der Waals surface area (Å²) in [6.45, 7) is 3.72. The lowest BCUT2D eigenvalue weighted by Crippen LogP contribution is -2.29. The molecule has 84 valence electrons. The molecule has 0 bridgehead atoms. The highest BCUT2D eigenvalue weighted by atomic mass is 19.1. The molecule has 0 aliphatic carbocycles. The highest BCUT2D eigenvalue weighted by Crippen LogP contribution is 2.21. The van der Waals surface area contributed by atoms with E-state index in [1.165, 1.54) is 12.1 Å². The van der Waals surface area contributed by atoms with E-state index in [4.69, 9.17) is 0 Å². The molecule has 0 aliphatic heterocycles. The zero-order chi connectivity index (χ0) is 11.5. The van der Waals surface area contributed by atoms with E-state index in [9.17, 15) is 13.9 Å². The fraction of sp³-hybridized carbons (Fsp3) is 0.500. The van der Waals surface area contributed by atoms with Gasteiger partial charge in [-0.05, 0) is 30.5 Å². The largest absolute Gasteiger partial charge is 0.390 e. The number of rotatable bonds is 4. The van der Waals surface area contributed by atoms with E-state index in [1.807, 2.05) is 13.8 Å².